The van der Waals surface area contributed by atoms with E-state index in [1.807, 2.05) is 35.9 Å². The summed E-state index contributed by atoms with van der Waals surface area (Å²) in [4.78, 5) is 17.3. The molecule has 2 N–H and O–H groups in total. The third-order valence-electron chi connectivity index (χ3n) is 5.15. The molecule has 0 spiro atoms. The van der Waals surface area contributed by atoms with Crippen LogP contribution in [0.15, 0.2) is 85.7 Å². The second kappa shape index (κ2) is 10.5. The van der Waals surface area contributed by atoms with E-state index in [-0.39, 0.29) is 24.8 Å². The number of carbonyl (C=O) groups is 1. The molecule has 0 saturated heterocycles. The molecule has 4 rings (SSSR count). The van der Waals surface area contributed by atoms with Gasteiger partial charge in [0.1, 0.15) is 18.0 Å². The van der Waals surface area contributed by atoms with E-state index in [4.69, 9.17) is 4.74 Å². The number of aryl methyl sites for hydroxylation is 1. The maximum absolute atomic E-state index is 12.7. The van der Waals surface area contributed by atoms with Crippen LogP contribution in [0.3, 0.4) is 0 Å². The molecule has 1 amide bonds. The fourth-order valence-electron chi connectivity index (χ4n) is 3.45. The summed E-state index contributed by atoms with van der Waals surface area (Å²) < 4.78 is 34.2. The fourth-order valence-corrected chi connectivity index (χ4v) is 4.56. The minimum absolute atomic E-state index is 0.152. The number of rotatable bonds is 10. The highest BCUT2D eigenvalue weighted by atomic mass is 32.2. The van der Waals surface area contributed by atoms with Crippen LogP contribution >= 0.6 is 0 Å². The molecule has 2 aromatic carbocycles. The van der Waals surface area contributed by atoms with Crippen LogP contribution in [-0.2, 0) is 22.4 Å². The van der Waals surface area contributed by atoms with Crippen molar-refractivity contribution in [3.05, 3.63) is 108 Å². The number of fused-ring (bicyclic) bond motifs is 1. The maximum atomic E-state index is 12.7. The first-order chi connectivity index (χ1) is 16.8. The normalized spacial score (nSPS) is 11.3. The number of pyridine rings is 1. The summed E-state index contributed by atoms with van der Waals surface area (Å²) in [6, 6.07) is 17.5. The standard InChI is InChI=1S/C26H26N4O4S/c1-3-13-27-35(32,33)18-20-8-10-22(11-9-20)29-26(31)21-5-4-6-24(14-21)34-17-23-16-30-15-19(2)7-12-25(30)28-23/h3-12,14-16,27H,1,13,17-18H2,2H3,(H,29,31). The van der Waals surface area contributed by atoms with E-state index in [1.54, 1.807) is 48.5 Å². The number of aromatic nitrogens is 2. The van der Waals surface area contributed by atoms with Crippen molar-refractivity contribution in [2.45, 2.75) is 19.3 Å². The van der Waals surface area contributed by atoms with Gasteiger partial charge in [-0.25, -0.2) is 18.1 Å². The van der Waals surface area contributed by atoms with Gasteiger partial charge in [-0.3, -0.25) is 4.79 Å². The predicted molar refractivity (Wildman–Crippen MR) is 136 cm³/mol. The highest BCUT2D eigenvalue weighted by Crippen LogP contribution is 2.18. The summed E-state index contributed by atoms with van der Waals surface area (Å²) in [6.45, 7) is 5.97. The molecule has 180 valence electrons. The first-order valence-corrected chi connectivity index (χ1v) is 12.6. The van der Waals surface area contributed by atoms with Crippen molar-refractivity contribution in [3.8, 4) is 5.75 Å². The lowest BCUT2D eigenvalue weighted by molar-refractivity contribution is 0.102. The van der Waals surface area contributed by atoms with E-state index in [9.17, 15) is 13.2 Å². The monoisotopic (exact) mass is 490 g/mol. The number of hydrogen-bond donors (Lipinski definition) is 2. The largest absolute Gasteiger partial charge is 0.487 e. The Morgan fingerprint density at radius 1 is 1.11 bits per heavy atom. The lowest BCUT2D eigenvalue weighted by Gasteiger charge is -2.09. The number of sulfonamides is 1. The zero-order valence-electron chi connectivity index (χ0n) is 19.3. The lowest BCUT2D eigenvalue weighted by atomic mass is 10.2. The van der Waals surface area contributed by atoms with Gasteiger partial charge in [-0.1, -0.05) is 30.3 Å². The Kier molecular flexibility index (Phi) is 7.28. The number of amides is 1. The van der Waals surface area contributed by atoms with Crippen LogP contribution in [0.25, 0.3) is 5.65 Å². The fraction of sp³-hybridized carbons (Fsp3) is 0.154. The zero-order chi connectivity index (χ0) is 24.8. The summed E-state index contributed by atoms with van der Waals surface area (Å²) in [5.41, 5.74) is 4.37. The van der Waals surface area contributed by atoms with Gasteiger partial charge in [0.05, 0.1) is 11.4 Å². The topological polar surface area (TPSA) is 102 Å². The Labute approximate surface area is 204 Å². The van der Waals surface area contributed by atoms with Gasteiger partial charge in [-0.2, -0.15) is 0 Å². The van der Waals surface area contributed by atoms with E-state index < -0.39 is 10.0 Å². The van der Waals surface area contributed by atoms with Gasteiger partial charge in [0.2, 0.25) is 10.0 Å². The van der Waals surface area contributed by atoms with Crippen LogP contribution < -0.4 is 14.8 Å². The van der Waals surface area contributed by atoms with Gasteiger partial charge in [-0.05, 0) is 54.4 Å². The molecule has 0 saturated carbocycles. The second-order valence-electron chi connectivity index (χ2n) is 8.07. The van der Waals surface area contributed by atoms with Gasteiger partial charge < -0.3 is 14.5 Å². The molecule has 35 heavy (non-hydrogen) atoms. The predicted octanol–water partition coefficient (Wildman–Crippen LogP) is 4.08. The van der Waals surface area contributed by atoms with Crippen molar-refractivity contribution in [1.82, 2.24) is 14.1 Å². The number of carbonyl (C=O) groups excluding carboxylic acids is 1. The van der Waals surface area contributed by atoms with Crippen molar-refractivity contribution in [2.24, 2.45) is 0 Å². The van der Waals surface area contributed by atoms with Crippen LogP contribution in [0, 0.1) is 6.92 Å². The van der Waals surface area contributed by atoms with Crippen LogP contribution in [0.4, 0.5) is 5.69 Å². The van der Waals surface area contributed by atoms with E-state index in [0.717, 1.165) is 16.9 Å². The van der Waals surface area contributed by atoms with Crippen LogP contribution in [0.5, 0.6) is 5.75 Å². The van der Waals surface area contributed by atoms with E-state index >= 15 is 0 Å². The second-order valence-corrected chi connectivity index (χ2v) is 9.87. The van der Waals surface area contributed by atoms with Crippen LogP contribution in [-0.4, -0.2) is 30.3 Å². The summed E-state index contributed by atoms with van der Waals surface area (Å²) in [7, 11) is -3.44. The molecule has 0 radical (unpaired) electrons. The summed E-state index contributed by atoms with van der Waals surface area (Å²) in [5, 5.41) is 2.82. The highest BCUT2D eigenvalue weighted by molar-refractivity contribution is 7.88. The minimum Gasteiger partial charge on any atom is -0.487 e. The molecular formula is C26H26N4O4S. The summed E-state index contributed by atoms with van der Waals surface area (Å²) >= 11 is 0. The number of anilines is 1. The number of imidazole rings is 1. The number of nitrogens with one attached hydrogen (secondary N) is 2. The third kappa shape index (κ3) is 6.56. The molecule has 9 heteroatoms. The zero-order valence-corrected chi connectivity index (χ0v) is 20.1. The van der Waals surface area contributed by atoms with E-state index in [2.05, 4.69) is 21.6 Å². The van der Waals surface area contributed by atoms with Crippen molar-refractivity contribution >= 4 is 27.3 Å². The number of nitrogens with zero attached hydrogens (tertiary/aromatic N) is 2. The van der Waals surface area contributed by atoms with Crippen molar-refractivity contribution < 1.29 is 17.9 Å². The van der Waals surface area contributed by atoms with Crippen LogP contribution in [0.2, 0.25) is 0 Å². The molecular weight excluding hydrogens is 464 g/mol. The van der Waals surface area contributed by atoms with Gasteiger partial charge in [0, 0.05) is 30.2 Å². The molecule has 0 fully saturated rings. The Morgan fingerprint density at radius 3 is 2.69 bits per heavy atom. The van der Waals surface area contributed by atoms with E-state index in [0.29, 0.717) is 22.6 Å². The minimum atomic E-state index is -3.44. The Morgan fingerprint density at radius 2 is 1.91 bits per heavy atom. The Bertz CT molecular complexity index is 1460. The summed E-state index contributed by atoms with van der Waals surface area (Å²) in [5.74, 6) is 0.102. The number of hydrogen-bond acceptors (Lipinski definition) is 5. The van der Waals surface area contributed by atoms with Gasteiger partial charge in [0.15, 0.2) is 0 Å². The lowest BCUT2D eigenvalue weighted by Crippen LogP contribution is -2.25. The highest BCUT2D eigenvalue weighted by Gasteiger charge is 2.12. The third-order valence-corrected chi connectivity index (χ3v) is 6.47. The average molecular weight is 491 g/mol. The quantitative estimate of drug-likeness (QED) is 0.326. The van der Waals surface area contributed by atoms with Crippen LogP contribution in [0.1, 0.15) is 27.2 Å². The molecule has 0 aliphatic carbocycles. The molecule has 0 bridgehead atoms. The van der Waals surface area contributed by atoms with Crippen molar-refractivity contribution in [3.63, 3.8) is 0 Å². The van der Waals surface area contributed by atoms with Gasteiger partial charge in [-0.15, -0.1) is 6.58 Å². The Hall–Kier alpha value is -3.95. The maximum Gasteiger partial charge on any atom is 0.255 e. The van der Waals surface area contributed by atoms with Crippen molar-refractivity contribution in [1.29, 1.82) is 0 Å². The smallest absolute Gasteiger partial charge is 0.255 e. The number of benzene rings is 2. The summed E-state index contributed by atoms with van der Waals surface area (Å²) in [6.07, 6.45) is 5.40. The van der Waals surface area contributed by atoms with Crippen molar-refractivity contribution in [2.75, 3.05) is 11.9 Å². The van der Waals surface area contributed by atoms with Gasteiger partial charge in [0.25, 0.3) is 5.91 Å². The molecule has 0 aliphatic rings. The molecule has 0 atom stereocenters. The molecule has 2 aromatic heterocycles. The average Bonchev–Trinajstić information content (AvgIpc) is 3.25. The first kappa shape index (κ1) is 24.2. The molecule has 0 unspecified atom stereocenters. The van der Waals surface area contributed by atoms with E-state index in [1.165, 1.54) is 6.08 Å². The molecule has 0 aliphatic heterocycles. The number of ether oxygens (including phenoxy) is 1. The SMILES string of the molecule is C=CCNS(=O)(=O)Cc1ccc(NC(=O)c2cccc(OCc3cn4cc(C)ccc4n3)c2)cc1. The molecule has 8 nitrogen and oxygen atoms in total. The molecule has 2 heterocycles. The Balaban J connectivity index is 1.36. The first-order valence-electron chi connectivity index (χ1n) is 11.0. The van der Waals surface area contributed by atoms with Gasteiger partial charge >= 0.3 is 0 Å². The molecule has 4 aromatic rings.